The molecule has 0 aliphatic carbocycles. The first-order valence-corrected chi connectivity index (χ1v) is 10.1. The van der Waals surface area contributed by atoms with Crippen molar-refractivity contribution >= 4 is 34.1 Å². The largest absolute Gasteiger partial charge is 0.497 e. The van der Waals surface area contributed by atoms with Crippen molar-refractivity contribution in [3.8, 4) is 17.0 Å². The Morgan fingerprint density at radius 3 is 2.48 bits per heavy atom. The van der Waals surface area contributed by atoms with Gasteiger partial charge in [0.2, 0.25) is 5.91 Å². The summed E-state index contributed by atoms with van der Waals surface area (Å²) in [5.41, 5.74) is 2.56. The van der Waals surface area contributed by atoms with Gasteiger partial charge >= 0.3 is 0 Å². The molecule has 29 heavy (non-hydrogen) atoms. The predicted molar refractivity (Wildman–Crippen MR) is 117 cm³/mol. The highest BCUT2D eigenvalue weighted by Crippen LogP contribution is 2.31. The number of benzene rings is 3. The lowest BCUT2D eigenvalue weighted by Crippen LogP contribution is -2.14. The van der Waals surface area contributed by atoms with E-state index in [-0.39, 0.29) is 11.7 Å². The van der Waals surface area contributed by atoms with E-state index < -0.39 is 0 Å². The topological polar surface area (TPSA) is 64.1 Å². The Bertz CT molecular complexity index is 1150. The van der Waals surface area contributed by atoms with E-state index in [9.17, 15) is 4.79 Å². The molecule has 0 atom stereocenters. The second-order valence-corrected chi connectivity index (χ2v) is 7.30. The minimum absolute atomic E-state index is 0.110. The summed E-state index contributed by atoms with van der Waals surface area (Å²) in [4.78, 5) is 12.4. The van der Waals surface area contributed by atoms with Gasteiger partial charge in [-0.1, -0.05) is 72.4 Å². The first-order chi connectivity index (χ1) is 14.2. The zero-order valence-electron chi connectivity index (χ0n) is 15.8. The van der Waals surface area contributed by atoms with Crippen molar-refractivity contribution in [3.63, 3.8) is 0 Å². The van der Waals surface area contributed by atoms with E-state index in [1.807, 2.05) is 72.8 Å². The lowest BCUT2D eigenvalue weighted by molar-refractivity contribution is -0.113. The van der Waals surface area contributed by atoms with Gasteiger partial charge < -0.3 is 10.1 Å². The number of thioether (sulfide) groups is 1. The van der Waals surface area contributed by atoms with E-state index in [0.717, 1.165) is 27.1 Å². The number of hydrogen-bond donors (Lipinski definition) is 1. The highest BCUT2D eigenvalue weighted by molar-refractivity contribution is 8.00. The molecular formula is C23H19N3O2S. The Morgan fingerprint density at radius 1 is 0.931 bits per heavy atom. The molecule has 4 rings (SSSR count). The molecule has 144 valence electrons. The summed E-state index contributed by atoms with van der Waals surface area (Å²) in [5, 5.41) is 14.5. The van der Waals surface area contributed by atoms with Crippen LogP contribution in [0.1, 0.15) is 0 Å². The van der Waals surface area contributed by atoms with E-state index in [2.05, 4.69) is 15.5 Å². The highest BCUT2D eigenvalue weighted by atomic mass is 32.2. The summed E-state index contributed by atoms with van der Waals surface area (Å²) in [6.45, 7) is 0. The van der Waals surface area contributed by atoms with Gasteiger partial charge in [0.15, 0.2) is 0 Å². The number of methoxy groups -OCH3 is 1. The highest BCUT2D eigenvalue weighted by Gasteiger charge is 2.13. The maximum atomic E-state index is 12.4. The molecule has 1 heterocycles. The number of rotatable bonds is 6. The van der Waals surface area contributed by atoms with Crippen molar-refractivity contribution in [3.05, 3.63) is 78.9 Å². The van der Waals surface area contributed by atoms with Gasteiger partial charge in [0, 0.05) is 28.1 Å². The fraction of sp³-hybridized carbons (Fsp3) is 0.0870. The van der Waals surface area contributed by atoms with Gasteiger partial charge in [0.1, 0.15) is 16.5 Å². The van der Waals surface area contributed by atoms with E-state index >= 15 is 0 Å². The van der Waals surface area contributed by atoms with Crippen molar-refractivity contribution < 1.29 is 9.53 Å². The molecular weight excluding hydrogens is 382 g/mol. The number of carbonyl (C=O) groups excluding carboxylic acids is 1. The van der Waals surface area contributed by atoms with Crippen LogP contribution in [0.4, 0.5) is 5.69 Å². The number of ether oxygens (including phenoxy) is 1. The molecule has 1 N–H and O–H groups in total. The summed E-state index contributed by atoms with van der Waals surface area (Å²) < 4.78 is 5.19. The average molecular weight is 401 g/mol. The molecule has 3 aromatic carbocycles. The lowest BCUT2D eigenvalue weighted by atomic mass is 10.1. The van der Waals surface area contributed by atoms with E-state index in [1.165, 1.54) is 11.8 Å². The van der Waals surface area contributed by atoms with E-state index in [1.54, 1.807) is 13.2 Å². The van der Waals surface area contributed by atoms with Crippen molar-refractivity contribution in [1.82, 2.24) is 10.2 Å². The van der Waals surface area contributed by atoms with Gasteiger partial charge in [0.25, 0.3) is 0 Å². The molecule has 0 aliphatic heterocycles. The molecule has 0 saturated heterocycles. The number of nitrogens with zero attached hydrogens (tertiary/aromatic N) is 2. The molecule has 0 fully saturated rings. The van der Waals surface area contributed by atoms with Crippen LogP contribution in [0, 0.1) is 0 Å². The Morgan fingerprint density at radius 2 is 1.69 bits per heavy atom. The van der Waals surface area contributed by atoms with Gasteiger partial charge in [0.05, 0.1) is 12.9 Å². The SMILES string of the molecule is COc1cccc(NC(=O)CSc2nnc(-c3ccccc3)c3ccccc23)c1. The first kappa shape index (κ1) is 19.0. The van der Waals surface area contributed by atoms with Crippen molar-refractivity contribution in [2.75, 3.05) is 18.2 Å². The van der Waals surface area contributed by atoms with Crippen LogP contribution in [0.5, 0.6) is 5.75 Å². The first-order valence-electron chi connectivity index (χ1n) is 9.12. The second-order valence-electron chi connectivity index (χ2n) is 6.33. The van der Waals surface area contributed by atoms with Crippen LogP contribution in [-0.2, 0) is 4.79 Å². The van der Waals surface area contributed by atoms with Crippen molar-refractivity contribution in [1.29, 1.82) is 0 Å². The fourth-order valence-electron chi connectivity index (χ4n) is 3.03. The molecule has 0 aliphatic rings. The molecule has 0 saturated carbocycles. The minimum Gasteiger partial charge on any atom is -0.497 e. The van der Waals surface area contributed by atoms with Crippen LogP contribution in [0.2, 0.25) is 0 Å². The fourth-order valence-corrected chi connectivity index (χ4v) is 3.80. The predicted octanol–water partition coefficient (Wildman–Crippen LogP) is 5.04. The van der Waals surface area contributed by atoms with E-state index in [0.29, 0.717) is 11.4 Å². The van der Waals surface area contributed by atoms with Crippen molar-refractivity contribution in [2.45, 2.75) is 5.03 Å². The third-order valence-corrected chi connectivity index (χ3v) is 5.38. The average Bonchev–Trinajstić information content (AvgIpc) is 2.78. The smallest absolute Gasteiger partial charge is 0.234 e. The summed E-state index contributed by atoms with van der Waals surface area (Å²) in [7, 11) is 1.60. The molecule has 0 bridgehead atoms. The summed E-state index contributed by atoms with van der Waals surface area (Å²) in [6, 6.07) is 25.3. The molecule has 0 spiro atoms. The van der Waals surface area contributed by atoms with Gasteiger partial charge in [-0.2, -0.15) is 0 Å². The monoisotopic (exact) mass is 401 g/mol. The zero-order chi connectivity index (χ0) is 20.1. The minimum atomic E-state index is -0.110. The van der Waals surface area contributed by atoms with Crippen LogP contribution in [-0.4, -0.2) is 29.0 Å². The quantitative estimate of drug-likeness (QED) is 0.459. The molecule has 0 unspecified atom stereocenters. The molecule has 1 amide bonds. The van der Waals surface area contributed by atoms with Gasteiger partial charge in [-0.25, -0.2) is 0 Å². The zero-order valence-corrected chi connectivity index (χ0v) is 16.6. The summed E-state index contributed by atoms with van der Waals surface area (Å²) in [5.74, 6) is 0.825. The van der Waals surface area contributed by atoms with Crippen LogP contribution < -0.4 is 10.1 Å². The lowest BCUT2D eigenvalue weighted by Gasteiger charge is -2.10. The molecule has 4 aromatic rings. The van der Waals surface area contributed by atoms with Crippen molar-refractivity contribution in [2.24, 2.45) is 0 Å². The number of aromatic nitrogens is 2. The number of hydrogen-bond acceptors (Lipinski definition) is 5. The Labute approximate surface area is 173 Å². The number of carbonyl (C=O) groups is 1. The van der Waals surface area contributed by atoms with Crippen LogP contribution in [0.25, 0.3) is 22.0 Å². The Hall–Kier alpha value is -3.38. The normalized spacial score (nSPS) is 10.7. The molecule has 5 nitrogen and oxygen atoms in total. The van der Waals surface area contributed by atoms with Crippen LogP contribution in [0.15, 0.2) is 83.9 Å². The van der Waals surface area contributed by atoms with Gasteiger partial charge in [-0.3, -0.25) is 4.79 Å². The molecule has 6 heteroatoms. The van der Waals surface area contributed by atoms with E-state index in [4.69, 9.17) is 4.74 Å². The maximum absolute atomic E-state index is 12.4. The van der Waals surface area contributed by atoms with Gasteiger partial charge in [-0.15, -0.1) is 10.2 Å². The van der Waals surface area contributed by atoms with Gasteiger partial charge in [-0.05, 0) is 12.1 Å². The summed E-state index contributed by atoms with van der Waals surface area (Å²) >= 11 is 1.37. The van der Waals surface area contributed by atoms with Crippen LogP contribution in [0.3, 0.4) is 0 Å². The number of fused-ring (bicyclic) bond motifs is 1. The third kappa shape index (κ3) is 4.38. The number of anilines is 1. The number of amides is 1. The molecule has 0 radical (unpaired) electrons. The standard InChI is InChI=1S/C23H19N3O2S/c1-28-18-11-7-10-17(14-18)24-21(27)15-29-23-20-13-6-5-12-19(20)22(25-26-23)16-8-3-2-4-9-16/h2-14H,15H2,1H3,(H,24,27). The maximum Gasteiger partial charge on any atom is 0.234 e. The third-order valence-electron chi connectivity index (χ3n) is 4.39. The second kappa shape index (κ2) is 8.75. The van der Waals surface area contributed by atoms with Crippen LogP contribution >= 0.6 is 11.8 Å². The molecule has 1 aromatic heterocycles. The Balaban J connectivity index is 1.53. The summed E-state index contributed by atoms with van der Waals surface area (Å²) in [6.07, 6.45) is 0. The Kier molecular flexibility index (Phi) is 5.72. The number of nitrogens with one attached hydrogen (secondary N) is 1.